The first kappa shape index (κ1) is 12.8. The van der Waals surface area contributed by atoms with Crippen LogP contribution in [0.25, 0.3) is 21.9 Å². The van der Waals surface area contributed by atoms with E-state index in [-0.39, 0.29) is 0 Å². The zero-order valence-electron chi connectivity index (χ0n) is 11.1. The SMILES string of the molecule is COc1ccc(-c2cc(Cl)ccc2N)c2ccccc12. The molecule has 0 spiro atoms. The van der Waals surface area contributed by atoms with Crippen molar-refractivity contribution in [1.82, 2.24) is 0 Å². The van der Waals surface area contributed by atoms with Gasteiger partial charge in [0.2, 0.25) is 0 Å². The van der Waals surface area contributed by atoms with E-state index in [2.05, 4.69) is 6.07 Å². The first-order chi connectivity index (χ1) is 9.70. The van der Waals surface area contributed by atoms with Crippen LogP contribution in [0.15, 0.2) is 54.6 Å². The molecule has 0 aliphatic rings. The van der Waals surface area contributed by atoms with Crippen LogP contribution >= 0.6 is 11.6 Å². The monoisotopic (exact) mass is 283 g/mol. The lowest BCUT2D eigenvalue weighted by molar-refractivity contribution is 0.420. The van der Waals surface area contributed by atoms with E-state index in [4.69, 9.17) is 22.1 Å². The Morgan fingerprint density at radius 1 is 0.900 bits per heavy atom. The molecule has 20 heavy (non-hydrogen) atoms. The molecule has 0 fully saturated rings. The summed E-state index contributed by atoms with van der Waals surface area (Å²) in [4.78, 5) is 0. The second-order valence-electron chi connectivity index (χ2n) is 4.59. The topological polar surface area (TPSA) is 35.2 Å². The average Bonchev–Trinajstić information content (AvgIpc) is 2.49. The fourth-order valence-corrected chi connectivity index (χ4v) is 2.62. The standard InChI is InChI=1S/C17H14ClNO/c1-20-17-9-7-13(12-4-2-3-5-14(12)17)15-10-11(18)6-8-16(15)19/h2-10H,19H2,1H3. The van der Waals surface area contributed by atoms with Gasteiger partial charge < -0.3 is 10.5 Å². The number of methoxy groups -OCH3 is 1. The fourth-order valence-electron chi connectivity index (χ4n) is 2.45. The Labute approximate surface area is 122 Å². The van der Waals surface area contributed by atoms with Gasteiger partial charge in [0, 0.05) is 21.7 Å². The highest BCUT2D eigenvalue weighted by Gasteiger charge is 2.10. The highest BCUT2D eigenvalue weighted by Crippen LogP contribution is 2.37. The van der Waals surface area contributed by atoms with Crippen LogP contribution in [0, 0.1) is 0 Å². The van der Waals surface area contributed by atoms with E-state index >= 15 is 0 Å². The molecule has 0 aliphatic heterocycles. The van der Waals surface area contributed by atoms with Gasteiger partial charge in [-0.05, 0) is 41.3 Å². The molecule has 0 unspecified atom stereocenters. The van der Waals surface area contributed by atoms with Crippen molar-refractivity contribution in [3.63, 3.8) is 0 Å². The summed E-state index contributed by atoms with van der Waals surface area (Å²) < 4.78 is 5.41. The van der Waals surface area contributed by atoms with Gasteiger partial charge in [0.25, 0.3) is 0 Å². The molecule has 0 heterocycles. The molecule has 0 radical (unpaired) electrons. The molecular formula is C17H14ClNO. The minimum Gasteiger partial charge on any atom is -0.496 e. The van der Waals surface area contributed by atoms with Gasteiger partial charge in [0.1, 0.15) is 5.75 Å². The normalized spacial score (nSPS) is 10.7. The zero-order chi connectivity index (χ0) is 14.1. The van der Waals surface area contributed by atoms with Gasteiger partial charge in [0.15, 0.2) is 0 Å². The van der Waals surface area contributed by atoms with Gasteiger partial charge >= 0.3 is 0 Å². The van der Waals surface area contributed by atoms with Gasteiger partial charge in [-0.2, -0.15) is 0 Å². The number of anilines is 1. The third-order valence-corrected chi connectivity index (χ3v) is 3.64. The van der Waals surface area contributed by atoms with Crippen molar-refractivity contribution in [1.29, 1.82) is 0 Å². The van der Waals surface area contributed by atoms with E-state index in [0.717, 1.165) is 27.6 Å². The van der Waals surface area contributed by atoms with Gasteiger partial charge in [-0.25, -0.2) is 0 Å². The summed E-state index contributed by atoms with van der Waals surface area (Å²) in [6.07, 6.45) is 0. The molecule has 0 atom stereocenters. The maximum Gasteiger partial charge on any atom is 0.126 e. The zero-order valence-corrected chi connectivity index (χ0v) is 11.8. The van der Waals surface area contributed by atoms with Gasteiger partial charge in [-0.1, -0.05) is 35.9 Å². The smallest absolute Gasteiger partial charge is 0.126 e. The van der Waals surface area contributed by atoms with Crippen LogP contribution in [0.2, 0.25) is 5.02 Å². The van der Waals surface area contributed by atoms with Crippen LogP contribution in [-0.4, -0.2) is 7.11 Å². The molecule has 3 heteroatoms. The molecule has 100 valence electrons. The van der Waals surface area contributed by atoms with E-state index in [1.54, 1.807) is 13.2 Å². The Hall–Kier alpha value is -2.19. The molecular weight excluding hydrogens is 270 g/mol. The number of nitrogens with two attached hydrogens (primary N) is 1. The number of hydrogen-bond donors (Lipinski definition) is 1. The van der Waals surface area contributed by atoms with Crippen LogP contribution in [0.1, 0.15) is 0 Å². The molecule has 0 aliphatic carbocycles. The van der Waals surface area contributed by atoms with Gasteiger partial charge in [-0.3, -0.25) is 0 Å². The molecule has 3 aromatic carbocycles. The molecule has 0 amide bonds. The third kappa shape index (κ3) is 2.08. The van der Waals surface area contributed by atoms with Gasteiger partial charge in [0.05, 0.1) is 7.11 Å². The second-order valence-corrected chi connectivity index (χ2v) is 5.03. The quantitative estimate of drug-likeness (QED) is 0.689. The minimum atomic E-state index is 0.675. The summed E-state index contributed by atoms with van der Waals surface area (Å²) in [5.41, 5.74) is 8.80. The maximum atomic E-state index is 6.10. The number of halogens is 1. The summed E-state index contributed by atoms with van der Waals surface area (Å²) in [6, 6.07) is 17.6. The van der Waals surface area contributed by atoms with Crippen molar-refractivity contribution >= 4 is 28.1 Å². The van der Waals surface area contributed by atoms with Gasteiger partial charge in [-0.15, -0.1) is 0 Å². The largest absolute Gasteiger partial charge is 0.496 e. The number of nitrogen functional groups attached to an aromatic ring is 1. The highest BCUT2D eigenvalue weighted by molar-refractivity contribution is 6.31. The second kappa shape index (κ2) is 5.06. The predicted octanol–water partition coefficient (Wildman–Crippen LogP) is 4.75. The van der Waals surface area contributed by atoms with E-state index < -0.39 is 0 Å². The van der Waals surface area contributed by atoms with Crippen LogP contribution in [0.3, 0.4) is 0 Å². The van der Waals surface area contributed by atoms with Crippen molar-refractivity contribution in [2.45, 2.75) is 0 Å². The Bertz CT molecular complexity index is 783. The summed E-state index contributed by atoms with van der Waals surface area (Å²) in [5.74, 6) is 0.852. The number of fused-ring (bicyclic) bond motifs is 1. The number of rotatable bonds is 2. The number of hydrogen-bond acceptors (Lipinski definition) is 2. The number of benzene rings is 3. The first-order valence-electron chi connectivity index (χ1n) is 6.32. The Kier molecular flexibility index (Phi) is 3.25. The van der Waals surface area contributed by atoms with E-state index in [9.17, 15) is 0 Å². The molecule has 0 saturated heterocycles. The molecule has 0 aromatic heterocycles. The lowest BCUT2D eigenvalue weighted by Crippen LogP contribution is -1.92. The van der Waals surface area contributed by atoms with Crippen molar-refractivity contribution < 1.29 is 4.74 Å². The molecule has 2 nitrogen and oxygen atoms in total. The van der Waals surface area contributed by atoms with Crippen LogP contribution < -0.4 is 10.5 Å². The average molecular weight is 284 g/mol. The van der Waals surface area contributed by atoms with Crippen LogP contribution in [0.4, 0.5) is 5.69 Å². The highest BCUT2D eigenvalue weighted by atomic mass is 35.5. The lowest BCUT2D eigenvalue weighted by atomic mass is 9.96. The first-order valence-corrected chi connectivity index (χ1v) is 6.69. The summed E-state index contributed by atoms with van der Waals surface area (Å²) >= 11 is 6.10. The summed E-state index contributed by atoms with van der Waals surface area (Å²) in [6.45, 7) is 0. The summed E-state index contributed by atoms with van der Waals surface area (Å²) in [5, 5.41) is 2.83. The molecule has 0 bridgehead atoms. The third-order valence-electron chi connectivity index (χ3n) is 3.41. The maximum absolute atomic E-state index is 6.10. The molecule has 2 N–H and O–H groups in total. The number of ether oxygens (including phenoxy) is 1. The van der Waals surface area contributed by atoms with Crippen LogP contribution in [0.5, 0.6) is 5.75 Å². The van der Waals surface area contributed by atoms with Crippen molar-refractivity contribution in [2.75, 3.05) is 12.8 Å². The van der Waals surface area contributed by atoms with Crippen molar-refractivity contribution in [2.24, 2.45) is 0 Å². The Balaban J connectivity index is 2.35. The summed E-state index contributed by atoms with van der Waals surface area (Å²) in [7, 11) is 1.68. The molecule has 3 aromatic rings. The van der Waals surface area contributed by atoms with Crippen LogP contribution in [-0.2, 0) is 0 Å². The minimum absolute atomic E-state index is 0.675. The van der Waals surface area contributed by atoms with E-state index in [0.29, 0.717) is 10.7 Å². The Morgan fingerprint density at radius 2 is 1.65 bits per heavy atom. The molecule has 3 rings (SSSR count). The van der Waals surface area contributed by atoms with Crippen molar-refractivity contribution in [3.05, 3.63) is 59.6 Å². The molecule has 0 saturated carbocycles. The van der Waals surface area contributed by atoms with E-state index in [1.807, 2.05) is 42.5 Å². The predicted molar refractivity (Wildman–Crippen MR) is 85.4 cm³/mol. The fraction of sp³-hybridized carbons (Fsp3) is 0.0588. The van der Waals surface area contributed by atoms with Crippen molar-refractivity contribution in [3.8, 4) is 16.9 Å². The lowest BCUT2D eigenvalue weighted by Gasteiger charge is -2.12. The Morgan fingerprint density at radius 3 is 2.40 bits per heavy atom. The van der Waals surface area contributed by atoms with E-state index in [1.165, 1.54) is 0 Å².